The molecule has 1 N–H and O–H groups in total. The topological polar surface area (TPSA) is 65.4 Å². The second kappa shape index (κ2) is 8.58. The van der Waals surface area contributed by atoms with Crippen LogP contribution in [0, 0.1) is 16.7 Å². The number of nitrogens with one attached hydrogen (secondary N) is 1. The van der Waals surface area contributed by atoms with E-state index in [1.165, 1.54) is 0 Å². The summed E-state index contributed by atoms with van der Waals surface area (Å²) >= 11 is 0. The number of carbonyl (C=O) groups excluding carboxylic acids is 1. The van der Waals surface area contributed by atoms with Crippen LogP contribution in [0.4, 0.5) is 13.2 Å². The molecule has 1 fully saturated rings. The second-order valence-electron chi connectivity index (χ2n) is 10.2. The van der Waals surface area contributed by atoms with Gasteiger partial charge in [0.2, 0.25) is 0 Å². The van der Waals surface area contributed by atoms with E-state index >= 15 is 0 Å². The molecule has 1 aromatic rings. The predicted octanol–water partition coefficient (Wildman–Crippen LogP) is 4.97. The standard InChI is InChI=1S/C25H30F3N3O2/c1-23(2)9-11-31(12-10-23)21-15-24(30-22(32)19(21)16-29)8-6-17-14-18(4-5-20(17)24)33-13-3-7-25(26,27)28/h4-5,14H,3,6-13,15H2,1-2H3,(H,30,32). The molecule has 5 nitrogen and oxygen atoms in total. The molecular weight excluding hydrogens is 431 g/mol. The zero-order valence-corrected chi connectivity index (χ0v) is 19.1. The molecule has 1 unspecified atom stereocenters. The van der Waals surface area contributed by atoms with Crippen LogP contribution >= 0.6 is 0 Å². The van der Waals surface area contributed by atoms with E-state index in [9.17, 15) is 23.2 Å². The number of rotatable bonds is 5. The first-order valence-electron chi connectivity index (χ1n) is 11.6. The van der Waals surface area contributed by atoms with Gasteiger partial charge in [-0.05, 0) is 60.8 Å². The normalized spacial score (nSPS) is 24.5. The lowest BCUT2D eigenvalue weighted by Crippen LogP contribution is -2.51. The zero-order chi connectivity index (χ0) is 23.9. The quantitative estimate of drug-likeness (QED) is 0.629. The van der Waals surface area contributed by atoms with Crippen LogP contribution in [0.5, 0.6) is 5.75 Å². The Kier molecular flexibility index (Phi) is 6.10. The van der Waals surface area contributed by atoms with Crippen LogP contribution in [0.25, 0.3) is 0 Å². The van der Waals surface area contributed by atoms with Gasteiger partial charge in [0.05, 0.1) is 12.1 Å². The number of fused-ring (bicyclic) bond motifs is 2. The number of aryl methyl sites for hydroxylation is 1. The van der Waals surface area contributed by atoms with Gasteiger partial charge in [-0.1, -0.05) is 19.9 Å². The van der Waals surface area contributed by atoms with Crippen LogP contribution in [0.15, 0.2) is 29.5 Å². The van der Waals surface area contributed by atoms with E-state index in [0.29, 0.717) is 18.6 Å². The van der Waals surface area contributed by atoms with Crippen molar-refractivity contribution in [1.82, 2.24) is 10.2 Å². The molecule has 178 valence electrons. The highest BCUT2D eigenvalue weighted by Gasteiger charge is 2.46. The highest BCUT2D eigenvalue weighted by atomic mass is 19.4. The summed E-state index contributed by atoms with van der Waals surface area (Å²) in [5, 5.41) is 12.8. The molecule has 1 aromatic carbocycles. The minimum absolute atomic E-state index is 0.00387. The van der Waals surface area contributed by atoms with E-state index in [-0.39, 0.29) is 29.9 Å². The SMILES string of the molecule is CC1(C)CCN(C2=C(C#N)C(=O)NC3(CCc4cc(OCCCC(F)(F)F)ccc43)C2)CC1. The molecular formula is C25H30F3N3O2. The molecule has 0 saturated carbocycles. The highest BCUT2D eigenvalue weighted by molar-refractivity contribution is 5.99. The Hall–Kier alpha value is -2.69. The fourth-order valence-corrected chi connectivity index (χ4v) is 5.19. The summed E-state index contributed by atoms with van der Waals surface area (Å²) in [4.78, 5) is 15.2. The molecule has 0 aromatic heterocycles. The van der Waals surface area contributed by atoms with Crippen LogP contribution in [0.1, 0.15) is 63.5 Å². The van der Waals surface area contributed by atoms with Gasteiger partial charge in [0.15, 0.2) is 0 Å². The van der Waals surface area contributed by atoms with E-state index < -0.39 is 18.1 Å². The number of nitrogens with zero attached hydrogens (tertiary/aromatic N) is 2. The first-order valence-corrected chi connectivity index (χ1v) is 11.6. The van der Waals surface area contributed by atoms with Crippen molar-refractivity contribution in [2.24, 2.45) is 5.41 Å². The number of hydrogen-bond acceptors (Lipinski definition) is 4. The zero-order valence-electron chi connectivity index (χ0n) is 19.1. The Labute approximate surface area is 192 Å². The monoisotopic (exact) mass is 461 g/mol. The molecule has 0 radical (unpaired) electrons. The average Bonchev–Trinajstić information content (AvgIpc) is 3.07. The second-order valence-corrected chi connectivity index (χ2v) is 10.2. The van der Waals surface area contributed by atoms with Crippen molar-refractivity contribution in [3.05, 3.63) is 40.6 Å². The molecule has 0 bridgehead atoms. The maximum atomic E-state index is 13.0. The highest BCUT2D eigenvalue weighted by Crippen LogP contribution is 2.46. The lowest BCUT2D eigenvalue weighted by molar-refractivity contribution is -0.136. The Balaban J connectivity index is 1.52. The number of hydrogen-bond donors (Lipinski definition) is 1. The molecule has 33 heavy (non-hydrogen) atoms. The third-order valence-electron chi connectivity index (χ3n) is 7.23. The molecule has 4 rings (SSSR count). The molecule has 1 saturated heterocycles. The fraction of sp³-hybridized carbons (Fsp3) is 0.600. The Morgan fingerprint density at radius 2 is 1.94 bits per heavy atom. The average molecular weight is 462 g/mol. The van der Waals surface area contributed by atoms with Crippen molar-refractivity contribution in [1.29, 1.82) is 5.26 Å². The summed E-state index contributed by atoms with van der Waals surface area (Å²) in [6.07, 6.45) is -1.09. The van der Waals surface area contributed by atoms with Gasteiger partial charge in [0, 0.05) is 31.6 Å². The molecule has 8 heteroatoms. The number of carbonyl (C=O) groups is 1. The molecule has 1 spiro atoms. The summed E-state index contributed by atoms with van der Waals surface area (Å²) in [7, 11) is 0. The van der Waals surface area contributed by atoms with Gasteiger partial charge >= 0.3 is 6.18 Å². The van der Waals surface area contributed by atoms with Crippen molar-refractivity contribution in [3.63, 3.8) is 0 Å². The van der Waals surface area contributed by atoms with Gasteiger partial charge in [0.1, 0.15) is 17.4 Å². The first-order chi connectivity index (χ1) is 15.5. The number of benzene rings is 1. The van der Waals surface area contributed by atoms with Crippen molar-refractivity contribution in [2.75, 3.05) is 19.7 Å². The number of likely N-dealkylation sites (tertiary alicyclic amines) is 1. The van der Waals surface area contributed by atoms with Crippen molar-refractivity contribution in [3.8, 4) is 11.8 Å². The number of amides is 1. The van der Waals surface area contributed by atoms with Gasteiger partial charge in [-0.15, -0.1) is 0 Å². The number of halogens is 3. The number of alkyl halides is 3. The Morgan fingerprint density at radius 1 is 1.21 bits per heavy atom. The number of piperidine rings is 1. The molecule has 1 aliphatic carbocycles. The minimum atomic E-state index is -4.18. The van der Waals surface area contributed by atoms with Crippen molar-refractivity contribution < 1.29 is 22.7 Å². The van der Waals surface area contributed by atoms with Gasteiger partial charge in [-0.3, -0.25) is 4.79 Å². The van der Waals surface area contributed by atoms with E-state index in [0.717, 1.165) is 49.2 Å². The summed E-state index contributed by atoms with van der Waals surface area (Å²) in [5.74, 6) is 0.214. The Bertz CT molecular complexity index is 999. The molecule has 2 aliphatic heterocycles. The first kappa shape index (κ1) is 23.5. The maximum absolute atomic E-state index is 13.0. The van der Waals surface area contributed by atoms with Gasteiger partial charge in [-0.25, -0.2) is 0 Å². The largest absolute Gasteiger partial charge is 0.494 e. The van der Waals surface area contributed by atoms with Crippen molar-refractivity contribution in [2.45, 2.75) is 70.5 Å². The summed E-state index contributed by atoms with van der Waals surface area (Å²) in [5.41, 5.74) is 2.77. The molecule has 1 atom stereocenters. The van der Waals surface area contributed by atoms with E-state index in [4.69, 9.17) is 4.74 Å². The lowest BCUT2D eigenvalue weighted by atomic mass is 9.79. The van der Waals surface area contributed by atoms with E-state index in [1.54, 1.807) is 6.07 Å². The maximum Gasteiger partial charge on any atom is 0.389 e. The van der Waals surface area contributed by atoms with Crippen LogP contribution in [0.2, 0.25) is 0 Å². The third-order valence-corrected chi connectivity index (χ3v) is 7.23. The fourth-order valence-electron chi connectivity index (χ4n) is 5.19. The van der Waals surface area contributed by atoms with Crippen LogP contribution in [-0.4, -0.2) is 36.7 Å². The van der Waals surface area contributed by atoms with Crippen LogP contribution in [-0.2, 0) is 16.8 Å². The molecule has 2 heterocycles. The smallest absolute Gasteiger partial charge is 0.389 e. The predicted molar refractivity (Wildman–Crippen MR) is 117 cm³/mol. The van der Waals surface area contributed by atoms with Gasteiger partial charge in [-0.2, -0.15) is 18.4 Å². The van der Waals surface area contributed by atoms with Crippen molar-refractivity contribution >= 4 is 5.91 Å². The third kappa shape index (κ3) is 4.97. The minimum Gasteiger partial charge on any atom is -0.494 e. The lowest BCUT2D eigenvalue weighted by Gasteiger charge is -2.44. The molecule has 1 amide bonds. The van der Waals surface area contributed by atoms with E-state index in [2.05, 4.69) is 30.1 Å². The van der Waals surface area contributed by atoms with Gasteiger partial charge in [0.25, 0.3) is 5.91 Å². The summed E-state index contributed by atoms with van der Waals surface area (Å²) in [6.45, 7) is 6.15. The van der Waals surface area contributed by atoms with Crippen LogP contribution in [0.3, 0.4) is 0 Å². The Morgan fingerprint density at radius 3 is 2.61 bits per heavy atom. The molecule has 3 aliphatic rings. The summed E-state index contributed by atoms with van der Waals surface area (Å²) < 4.78 is 42.6. The number of nitriles is 1. The van der Waals surface area contributed by atoms with Crippen LogP contribution < -0.4 is 10.1 Å². The number of ether oxygens (including phenoxy) is 1. The summed E-state index contributed by atoms with van der Waals surface area (Å²) in [6, 6.07) is 7.67. The van der Waals surface area contributed by atoms with E-state index in [1.807, 2.05) is 12.1 Å². The van der Waals surface area contributed by atoms with Gasteiger partial charge < -0.3 is 15.0 Å².